The molecule has 0 heterocycles. The lowest BCUT2D eigenvalue weighted by molar-refractivity contribution is 0.0191. The first-order valence-corrected chi connectivity index (χ1v) is 5.17. The fourth-order valence-corrected chi connectivity index (χ4v) is 1.16. The van der Waals surface area contributed by atoms with Crippen molar-refractivity contribution < 1.29 is 9.23 Å². The summed E-state index contributed by atoms with van der Waals surface area (Å²) in [7, 11) is 0. The van der Waals surface area contributed by atoms with Crippen LogP contribution in [0.15, 0.2) is 18.2 Å². The van der Waals surface area contributed by atoms with Gasteiger partial charge in [-0.3, -0.25) is 0 Å². The molecule has 3 nitrogen and oxygen atoms in total. The van der Waals surface area contributed by atoms with E-state index in [4.69, 9.17) is 10.1 Å². The van der Waals surface area contributed by atoms with Crippen molar-refractivity contribution in [3.05, 3.63) is 35.1 Å². The monoisotopic (exact) mass is 222 g/mol. The topological polar surface area (TPSA) is 45.0 Å². The predicted molar refractivity (Wildman–Crippen MR) is 58.7 cm³/mol. The van der Waals surface area contributed by atoms with E-state index in [1.807, 2.05) is 13.8 Å². The number of nitrogens with one attached hydrogen (secondary N) is 1. The van der Waals surface area contributed by atoms with Crippen molar-refractivity contribution in [3.63, 3.8) is 0 Å². The lowest BCUT2D eigenvalue weighted by Gasteiger charge is -2.08. The highest BCUT2D eigenvalue weighted by Crippen LogP contribution is 2.11. The van der Waals surface area contributed by atoms with Crippen LogP contribution < -0.4 is 5.48 Å². The lowest BCUT2D eigenvalue weighted by Crippen LogP contribution is -2.18. The van der Waals surface area contributed by atoms with Gasteiger partial charge in [0.1, 0.15) is 11.9 Å². The maximum atomic E-state index is 13.5. The zero-order valence-corrected chi connectivity index (χ0v) is 9.46. The highest BCUT2D eigenvalue weighted by Gasteiger charge is 2.06. The van der Waals surface area contributed by atoms with Crippen molar-refractivity contribution in [2.24, 2.45) is 5.92 Å². The van der Waals surface area contributed by atoms with Gasteiger partial charge in [-0.25, -0.2) is 4.39 Å². The number of hydroxylamine groups is 1. The third kappa shape index (κ3) is 3.61. The van der Waals surface area contributed by atoms with Crippen LogP contribution in [0.25, 0.3) is 0 Å². The van der Waals surface area contributed by atoms with E-state index in [2.05, 4.69) is 5.48 Å². The average Bonchev–Trinajstić information content (AvgIpc) is 2.26. The van der Waals surface area contributed by atoms with Crippen molar-refractivity contribution in [1.29, 1.82) is 5.26 Å². The Morgan fingerprint density at radius 1 is 1.50 bits per heavy atom. The minimum atomic E-state index is -0.481. The maximum Gasteiger partial charge on any atom is 0.145 e. The minimum absolute atomic E-state index is 0.0585. The Morgan fingerprint density at radius 3 is 2.88 bits per heavy atom. The molecule has 0 bridgehead atoms. The first-order chi connectivity index (χ1) is 7.65. The van der Waals surface area contributed by atoms with E-state index in [1.165, 1.54) is 6.07 Å². The van der Waals surface area contributed by atoms with Crippen LogP contribution in [0.5, 0.6) is 0 Å². The molecule has 0 atom stereocenters. The van der Waals surface area contributed by atoms with E-state index < -0.39 is 5.82 Å². The van der Waals surface area contributed by atoms with E-state index in [0.29, 0.717) is 18.1 Å². The van der Waals surface area contributed by atoms with E-state index in [1.54, 1.807) is 18.2 Å². The molecule has 0 aliphatic rings. The van der Waals surface area contributed by atoms with Gasteiger partial charge in [-0.1, -0.05) is 26.0 Å². The number of nitrogens with zero attached hydrogens (tertiary/aromatic N) is 1. The molecule has 1 aromatic rings. The summed E-state index contributed by atoms with van der Waals surface area (Å²) in [6, 6.07) is 6.53. The molecule has 0 saturated heterocycles. The highest BCUT2D eigenvalue weighted by molar-refractivity contribution is 5.34. The fourth-order valence-electron chi connectivity index (χ4n) is 1.16. The number of nitriles is 1. The summed E-state index contributed by atoms with van der Waals surface area (Å²) < 4.78 is 13.5. The summed E-state index contributed by atoms with van der Waals surface area (Å²) in [5.41, 5.74) is 3.17. The van der Waals surface area contributed by atoms with Gasteiger partial charge in [0.15, 0.2) is 0 Å². The second-order valence-corrected chi connectivity index (χ2v) is 3.92. The maximum absolute atomic E-state index is 13.5. The van der Waals surface area contributed by atoms with Crippen LogP contribution in [0.1, 0.15) is 25.0 Å². The van der Waals surface area contributed by atoms with Crippen molar-refractivity contribution in [2.45, 2.75) is 20.4 Å². The standard InChI is InChI=1S/C12H15FN2O/c1-9(2)8-16-15-7-11-5-3-4-10(6-14)12(11)13/h3-5,9,15H,7-8H2,1-2H3. The molecule has 0 unspecified atom stereocenters. The Morgan fingerprint density at radius 2 is 2.25 bits per heavy atom. The Bertz CT molecular complexity index is 385. The molecular weight excluding hydrogens is 207 g/mol. The SMILES string of the molecule is CC(C)CONCc1cccc(C#N)c1F. The second-order valence-electron chi connectivity index (χ2n) is 3.92. The molecule has 0 aromatic heterocycles. The van der Waals surface area contributed by atoms with Crippen LogP contribution in [0.4, 0.5) is 4.39 Å². The summed E-state index contributed by atoms with van der Waals surface area (Å²) in [4.78, 5) is 5.13. The van der Waals surface area contributed by atoms with Gasteiger partial charge in [0.05, 0.1) is 12.2 Å². The first-order valence-electron chi connectivity index (χ1n) is 5.17. The van der Waals surface area contributed by atoms with E-state index in [-0.39, 0.29) is 12.1 Å². The van der Waals surface area contributed by atoms with Crippen LogP contribution in [0.3, 0.4) is 0 Å². The Kier molecular flexibility index (Phi) is 4.90. The number of hydrogen-bond acceptors (Lipinski definition) is 3. The molecule has 0 radical (unpaired) electrons. The van der Waals surface area contributed by atoms with Crippen LogP contribution in [0, 0.1) is 23.1 Å². The summed E-state index contributed by atoms with van der Waals surface area (Å²) in [6.07, 6.45) is 0. The molecule has 1 aromatic carbocycles. The first kappa shape index (κ1) is 12.6. The van der Waals surface area contributed by atoms with Crippen molar-refractivity contribution in [1.82, 2.24) is 5.48 Å². The van der Waals surface area contributed by atoms with E-state index in [0.717, 1.165) is 0 Å². The van der Waals surface area contributed by atoms with Crippen molar-refractivity contribution in [3.8, 4) is 6.07 Å². The highest BCUT2D eigenvalue weighted by atomic mass is 19.1. The zero-order chi connectivity index (χ0) is 12.0. The summed E-state index contributed by atoms with van der Waals surface area (Å²) in [5.74, 6) is -0.0616. The molecule has 1 N–H and O–H groups in total. The lowest BCUT2D eigenvalue weighted by atomic mass is 10.1. The minimum Gasteiger partial charge on any atom is -0.301 e. The molecule has 0 fully saturated rings. The summed E-state index contributed by atoms with van der Waals surface area (Å²) in [5, 5.41) is 8.65. The normalized spacial score (nSPS) is 10.4. The van der Waals surface area contributed by atoms with Crippen LogP contribution >= 0.6 is 0 Å². The van der Waals surface area contributed by atoms with Crippen LogP contribution in [-0.4, -0.2) is 6.61 Å². The molecular formula is C12H15FN2O. The quantitative estimate of drug-likeness (QED) is 0.614. The zero-order valence-electron chi connectivity index (χ0n) is 9.46. The van der Waals surface area contributed by atoms with Crippen LogP contribution in [-0.2, 0) is 11.4 Å². The Labute approximate surface area is 94.8 Å². The van der Waals surface area contributed by atoms with Gasteiger partial charge < -0.3 is 4.84 Å². The fraction of sp³-hybridized carbons (Fsp3) is 0.417. The van der Waals surface area contributed by atoms with Crippen molar-refractivity contribution >= 4 is 0 Å². The number of rotatable bonds is 5. The van der Waals surface area contributed by atoms with Gasteiger partial charge in [0.2, 0.25) is 0 Å². The third-order valence-corrected chi connectivity index (χ3v) is 1.98. The summed E-state index contributed by atoms with van der Waals surface area (Å²) in [6.45, 7) is 4.88. The third-order valence-electron chi connectivity index (χ3n) is 1.98. The van der Waals surface area contributed by atoms with E-state index in [9.17, 15) is 4.39 Å². The predicted octanol–water partition coefficient (Wildman–Crippen LogP) is 2.37. The number of halogens is 1. The van der Waals surface area contributed by atoms with E-state index >= 15 is 0 Å². The smallest absolute Gasteiger partial charge is 0.145 e. The van der Waals surface area contributed by atoms with Gasteiger partial charge in [0, 0.05) is 12.1 Å². The van der Waals surface area contributed by atoms with Gasteiger partial charge in [-0.15, -0.1) is 0 Å². The Balaban J connectivity index is 2.52. The van der Waals surface area contributed by atoms with Crippen LogP contribution in [0.2, 0.25) is 0 Å². The van der Waals surface area contributed by atoms with Gasteiger partial charge in [0.25, 0.3) is 0 Å². The molecule has 4 heteroatoms. The van der Waals surface area contributed by atoms with Gasteiger partial charge in [-0.05, 0) is 12.0 Å². The molecule has 0 aliphatic carbocycles. The summed E-state index contributed by atoms with van der Waals surface area (Å²) >= 11 is 0. The molecule has 0 aliphatic heterocycles. The number of hydrogen-bond donors (Lipinski definition) is 1. The largest absolute Gasteiger partial charge is 0.301 e. The molecule has 0 amide bonds. The molecule has 0 saturated carbocycles. The Hall–Kier alpha value is -1.44. The van der Waals surface area contributed by atoms with Gasteiger partial charge in [-0.2, -0.15) is 10.7 Å². The second kappa shape index (κ2) is 6.21. The molecule has 1 rings (SSSR count). The molecule has 0 spiro atoms. The average molecular weight is 222 g/mol. The molecule has 16 heavy (non-hydrogen) atoms. The van der Waals surface area contributed by atoms with Crippen molar-refractivity contribution in [2.75, 3.05) is 6.61 Å². The van der Waals surface area contributed by atoms with Gasteiger partial charge >= 0.3 is 0 Å². The number of benzene rings is 1. The molecule has 86 valence electrons.